The van der Waals surface area contributed by atoms with Crippen molar-refractivity contribution in [2.45, 2.75) is 72.5 Å². The maximum Gasteiger partial charge on any atom is 0.305 e. The molecule has 0 aliphatic heterocycles. The summed E-state index contributed by atoms with van der Waals surface area (Å²) in [6, 6.07) is 0. The van der Waals surface area contributed by atoms with Gasteiger partial charge in [-0.25, -0.2) is 0 Å². The average molecular weight is 303 g/mol. The zero-order valence-corrected chi connectivity index (χ0v) is 14.1. The van der Waals surface area contributed by atoms with Crippen LogP contribution in [0, 0.1) is 16.7 Å². The molecule has 21 heavy (non-hydrogen) atoms. The predicted octanol–water partition coefficient (Wildman–Crippen LogP) is 2.00. The van der Waals surface area contributed by atoms with Gasteiger partial charge in [-0.15, -0.1) is 0 Å². The van der Waals surface area contributed by atoms with E-state index in [0.717, 1.165) is 12.8 Å². The summed E-state index contributed by atoms with van der Waals surface area (Å²) in [5.41, 5.74) is 5.24. The fraction of sp³-hybridized carbons (Fsp3) is 0.938. The second-order valence-corrected chi connectivity index (χ2v) is 7.64. The number of aliphatic carboxylic acids is 1. The fourth-order valence-electron chi connectivity index (χ4n) is 2.97. The quantitative estimate of drug-likeness (QED) is 0.494. The van der Waals surface area contributed by atoms with Crippen molar-refractivity contribution < 1.29 is 20.1 Å². The summed E-state index contributed by atoms with van der Waals surface area (Å²) in [5.74, 6) is -0.623. The van der Waals surface area contributed by atoms with Gasteiger partial charge >= 0.3 is 5.97 Å². The average Bonchev–Trinajstić information content (AvgIpc) is 2.26. The number of hydrogen-bond acceptors (Lipinski definition) is 4. The number of nitrogens with two attached hydrogens (primary N) is 1. The highest BCUT2D eigenvalue weighted by atomic mass is 16.4. The highest BCUT2D eigenvalue weighted by Gasteiger charge is 2.37. The van der Waals surface area contributed by atoms with Crippen molar-refractivity contribution in [3.05, 3.63) is 0 Å². The number of hydrogen-bond donors (Lipinski definition) is 4. The Balaban J connectivity index is 4.68. The van der Waals surface area contributed by atoms with Crippen LogP contribution in [-0.2, 0) is 4.79 Å². The predicted molar refractivity (Wildman–Crippen MR) is 83.9 cm³/mol. The monoisotopic (exact) mass is 303 g/mol. The van der Waals surface area contributed by atoms with Crippen LogP contribution < -0.4 is 5.73 Å². The van der Waals surface area contributed by atoms with Gasteiger partial charge in [-0.3, -0.25) is 4.79 Å². The van der Waals surface area contributed by atoms with Gasteiger partial charge in [0.25, 0.3) is 0 Å². The summed E-state index contributed by atoms with van der Waals surface area (Å²) in [5, 5.41) is 28.7. The van der Waals surface area contributed by atoms with Crippen LogP contribution in [0.4, 0.5) is 0 Å². The van der Waals surface area contributed by atoms with Gasteiger partial charge in [-0.1, -0.05) is 34.6 Å². The van der Waals surface area contributed by atoms with Gasteiger partial charge < -0.3 is 21.1 Å². The molecule has 0 amide bonds. The third-order valence-electron chi connectivity index (χ3n) is 4.65. The van der Waals surface area contributed by atoms with Crippen molar-refractivity contribution in [3.8, 4) is 0 Å². The molecular weight excluding hydrogens is 270 g/mol. The molecule has 0 aromatic carbocycles. The van der Waals surface area contributed by atoms with Gasteiger partial charge in [0.1, 0.15) is 0 Å². The van der Waals surface area contributed by atoms with E-state index >= 15 is 0 Å². The van der Waals surface area contributed by atoms with Gasteiger partial charge in [0, 0.05) is 6.42 Å². The minimum Gasteiger partial charge on any atom is -0.481 e. The standard InChI is InChI=1S/C16H33NO4/c1-11(6-7-17)15(2,3)10-16(4,5)13(19)8-12(18)9-14(20)21/h11-13,18-19H,6-10,17H2,1-5H3,(H,20,21)/t11-,12-,13+/m1/s1. The molecule has 0 spiro atoms. The Morgan fingerprint density at radius 3 is 2.10 bits per heavy atom. The van der Waals surface area contributed by atoms with Crippen LogP contribution in [0.15, 0.2) is 0 Å². The molecule has 0 radical (unpaired) electrons. The van der Waals surface area contributed by atoms with Crippen LogP contribution in [0.3, 0.4) is 0 Å². The molecule has 5 heteroatoms. The zero-order valence-electron chi connectivity index (χ0n) is 14.1. The third-order valence-corrected chi connectivity index (χ3v) is 4.65. The fourth-order valence-corrected chi connectivity index (χ4v) is 2.97. The van der Waals surface area contributed by atoms with Crippen molar-refractivity contribution in [3.63, 3.8) is 0 Å². The summed E-state index contributed by atoms with van der Waals surface area (Å²) in [6.07, 6.45) is -0.290. The van der Waals surface area contributed by atoms with Gasteiger partial charge in [0.05, 0.1) is 18.6 Å². The van der Waals surface area contributed by atoms with E-state index in [0.29, 0.717) is 12.5 Å². The highest BCUT2D eigenvalue weighted by molar-refractivity contribution is 5.67. The summed E-state index contributed by atoms with van der Waals surface area (Å²) < 4.78 is 0. The minimum absolute atomic E-state index is 0.0155. The lowest BCUT2D eigenvalue weighted by atomic mass is 9.65. The smallest absolute Gasteiger partial charge is 0.305 e. The summed E-state index contributed by atoms with van der Waals surface area (Å²) in [6.45, 7) is 11.1. The van der Waals surface area contributed by atoms with Crippen LogP contribution >= 0.6 is 0 Å². The molecule has 0 aliphatic carbocycles. The van der Waals surface area contributed by atoms with Crippen LogP contribution in [0.2, 0.25) is 0 Å². The van der Waals surface area contributed by atoms with E-state index in [1.165, 1.54) is 0 Å². The molecule has 0 aliphatic rings. The van der Waals surface area contributed by atoms with E-state index in [-0.39, 0.29) is 18.3 Å². The van der Waals surface area contributed by atoms with E-state index in [1.54, 1.807) is 0 Å². The van der Waals surface area contributed by atoms with Gasteiger partial charge in [-0.2, -0.15) is 0 Å². The summed E-state index contributed by atoms with van der Waals surface area (Å²) in [7, 11) is 0. The molecule has 0 saturated heterocycles. The van der Waals surface area contributed by atoms with Gasteiger partial charge in [0.15, 0.2) is 0 Å². The van der Waals surface area contributed by atoms with E-state index < -0.39 is 23.6 Å². The van der Waals surface area contributed by atoms with E-state index in [4.69, 9.17) is 10.8 Å². The molecule has 0 bridgehead atoms. The molecule has 126 valence electrons. The minimum atomic E-state index is -1.05. The lowest BCUT2D eigenvalue weighted by Crippen LogP contribution is -2.39. The van der Waals surface area contributed by atoms with Crippen molar-refractivity contribution in [2.24, 2.45) is 22.5 Å². The van der Waals surface area contributed by atoms with E-state index in [1.807, 2.05) is 13.8 Å². The molecule has 3 atom stereocenters. The highest BCUT2D eigenvalue weighted by Crippen LogP contribution is 2.42. The second kappa shape index (κ2) is 8.11. The Labute approximate surface area is 128 Å². The first-order chi connectivity index (χ1) is 9.42. The number of aliphatic hydroxyl groups excluding tert-OH is 2. The van der Waals surface area contributed by atoms with Crippen molar-refractivity contribution in [2.75, 3.05) is 6.54 Å². The first-order valence-electron chi connectivity index (χ1n) is 7.70. The zero-order chi connectivity index (χ0) is 16.8. The Hall–Kier alpha value is -0.650. The lowest BCUT2D eigenvalue weighted by Gasteiger charge is -2.42. The topological polar surface area (TPSA) is 104 Å². The third kappa shape index (κ3) is 7.25. The number of carboxylic acids is 1. The summed E-state index contributed by atoms with van der Waals surface area (Å²) in [4.78, 5) is 10.6. The van der Waals surface area contributed by atoms with Gasteiger partial charge in [-0.05, 0) is 36.1 Å². The maximum atomic E-state index is 10.6. The van der Waals surface area contributed by atoms with Crippen LogP contribution in [0.1, 0.15) is 60.3 Å². The van der Waals surface area contributed by atoms with Crippen molar-refractivity contribution >= 4 is 5.97 Å². The molecule has 0 aromatic rings. The van der Waals surface area contributed by atoms with Gasteiger partial charge in [0.2, 0.25) is 0 Å². The SMILES string of the molecule is C[C@H](CCN)C(C)(C)CC(C)(C)[C@@H](O)C[C@@H](O)CC(=O)O. The van der Waals surface area contributed by atoms with Crippen molar-refractivity contribution in [1.82, 2.24) is 0 Å². The first kappa shape index (κ1) is 20.3. The molecule has 5 nitrogen and oxygen atoms in total. The number of carbonyl (C=O) groups is 1. The van der Waals surface area contributed by atoms with E-state index in [2.05, 4.69) is 20.8 Å². The maximum absolute atomic E-state index is 10.6. The molecule has 5 N–H and O–H groups in total. The Morgan fingerprint density at radius 2 is 1.67 bits per heavy atom. The van der Waals surface area contributed by atoms with Crippen molar-refractivity contribution in [1.29, 1.82) is 0 Å². The number of rotatable bonds is 10. The normalized spacial score (nSPS) is 17.3. The lowest BCUT2D eigenvalue weighted by molar-refractivity contribution is -0.140. The molecule has 0 rings (SSSR count). The molecule has 0 unspecified atom stereocenters. The van der Waals surface area contributed by atoms with Crippen LogP contribution in [-0.4, -0.2) is 40.0 Å². The molecule has 0 saturated carbocycles. The van der Waals surface area contributed by atoms with Crippen LogP contribution in [0.25, 0.3) is 0 Å². The van der Waals surface area contributed by atoms with E-state index in [9.17, 15) is 15.0 Å². The Kier molecular flexibility index (Phi) is 7.86. The Bertz CT molecular complexity index is 328. The first-order valence-corrected chi connectivity index (χ1v) is 7.70. The Morgan fingerprint density at radius 1 is 1.14 bits per heavy atom. The van der Waals surface area contributed by atoms with Crippen LogP contribution in [0.5, 0.6) is 0 Å². The molecule has 0 fully saturated rings. The number of aliphatic hydroxyl groups is 2. The largest absolute Gasteiger partial charge is 0.481 e. The molecule has 0 aromatic heterocycles. The molecule has 0 heterocycles. The second-order valence-electron chi connectivity index (χ2n) is 7.64. The summed E-state index contributed by atoms with van der Waals surface area (Å²) >= 11 is 0. The molecular formula is C16H33NO4. The number of carboxylic acid groups (broad SMARTS) is 1.